The molecule has 1 aromatic heterocycles. The van der Waals surface area contributed by atoms with Gasteiger partial charge in [-0.1, -0.05) is 24.3 Å². The molecule has 0 saturated carbocycles. The molecule has 1 aliphatic rings. The lowest BCUT2D eigenvalue weighted by atomic mass is 10.1. The molecular formula is C22H25N3O4. The molecule has 0 bridgehead atoms. The van der Waals surface area contributed by atoms with Crippen LogP contribution in [0.25, 0.3) is 5.57 Å². The first kappa shape index (κ1) is 20.4. The number of carbonyl (C=O) groups excluding carboxylic acids is 2. The molecule has 2 aromatic rings. The third-order valence-electron chi connectivity index (χ3n) is 4.10. The van der Waals surface area contributed by atoms with Crippen molar-refractivity contribution in [3.05, 3.63) is 60.4 Å². The maximum absolute atomic E-state index is 12.3. The van der Waals surface area contributed by atoms with Crippen LogP contribution in [0.5, 0.6) is 5.75 Å². The Hall–Kier alpha value is -3.35. The molecule has 0 saturated heterocycles. The zero-order valence-electron chi connectivity index (χ0n) is 16.8. The number of amides is 2. The van der Waals surface area contributed by atoms with Crippen LogP contribution < -0.4 is 10.1 Å². The topological polar surface area (TPSA) is 80.8 Å². The maximum atomic E-state index is 12.3. The Morgan fingerprint density at radius 2 is 1.86 bits per heavy atom. The lowest BCUT2D eigenvalue weighted by molar-refractivity contribution is 0.0273. The molecule has 0 fully saturated rings. The van der Waals surface area contributed by atoms with Gasteiger partial charge in [0.05, 0.1) is 24.1 Å². The highest BCUT2D eigenvalue weighted by molar-refractivity contribution is 5.86. The van der Waals surface area contributed by atoms with Gasteiger partial charge in [-0.15, -0.1) is 0 Å². The van der Waals surface area contributed by atoms with E-state index in [0.717, 1.165) is 17.7 Å². The number of anilines is 1. The van der Waals surface area contributed by atoms with Gasteiger partial charge in [-0.2, -0.15) is 0 Å². The number of aromatic nitrogens is 1. The van der Waals surface area contributed by atoms with E-state index in [-0.39, 0.29) is 6.09 Å². The zero-order chi connectivity index (χ0) is 20.9. The van der Waals surface area contributed by atoms with Crippen molar-refractivity contribution in [2.45, 2.75) is 32.8 Å². The van der Waals surface area contributed by atoms with Gasteiger partial charge in [0.2, 0.25) is 0 Å². The van der Waals surface area contributed by atoms with Crippen molar-refractivity contribution < 1.29 is 19.1 Å². The van der Waals surface area contributed by atoms with Crippen LogP contribution in [0.15, 0.2) is 54.7 Å². The number of carbonyl (C=O) groups is 2. The van der Waals surface area contributed by atoms with Gasteiger partial charge in [-0.3, -0.25) is 10.3 Å². The minimum Gasteiger partial charge on any atom is -0.444 e. The number of hydrogen-bond acceptors (Lipinski definition) is 5. The Kier molecular flexibility index (Phi) is 6.16. The van der Waals surface area contributed by atoms with E-state index in [9.17, 15) is 9.59 Å². The maximum Gasteiger partial charge on any atom is 0.417 e. The highest BCUT2D eigenvalue weighted by atomic mass is 16.6. The van der Waals surface area contributed by atoms with Crippen molar-refractivity contribution in [1.82, 2.24) is 9.88 Å². The number of pyridine rings is 1. The summed E-state index contributed by atoms with van der Waals surface area (Å²) in [5, 5.41) is 2.65. The molecule has 3 rings (SSSR count). The van der Waals surface area contributed by atoms with Crippen LogP contribution in [0.1, 0.15) is 32.9 Å². The number of rotatable bonds is 3. The van der Waals surface area contributed by atoms with E-state index >= 15 is 0 Å². The van der Waals surface area contributed by atoms with Crippen molar-refractivity contribution in [1.29, 1.82) is 0 Å². The number of hydrogen-bond donors (Lipinski definition) is 1. The molecule has 1 N–H and O–H groups in total. The van der Waals surface area contributed by atoms with Crippen molar-refractivity contribution in [2.75, 3.05) is 18.4 Å². The third-order valence-corrected chi connectivity index (χ3v) is 4.10. The van der Waals surface area contributed by atoms with Crippen molar-refractivity contribution in [2.24, 2.45) is 0 Å². The fourth-order valence-corrected chi connectivity index (χ4v) is 2.81. The number of nitrogens with zero attached hydrogens (tertiary/aromatic N) is 2. The van der Waals surface area contributed by atoms with Crippen molar-refractivity contribution in [3.8, 4) is 5.75 Å². The molecule has 2 amide bonds. The van der Waals surface area contributed by atoms with Gasteiger partial charge in [-0.25, -0.2) is 9.59 Å². The largest absolute Gasteiger partial charge is 0.444 e. The highest BCUT2D eigenvalue weighted by Crippen LogP contribution is 2.22. The second-order valence-corrected chi connectivity index (χ2v) is 7.68. The molecule has 152 valence electrons. The van der Waals surface area contributed by atoms with E-state index in [1.807, 2.05) is 32.9 Å². The quantitative estimate of drug-likeness (QED) is 0.813. The summed E-state index contributed by atoms with van der Waals surface area (Å²) in [5.74, 6) is 0.462. The molecule has 0 radical (unpaired) electrons. The molecule has 1 aromatic carbocycles. The molecule has 0 unspecified atom stereocenters. The molecule has 7 nitrogen and oxygen atoms in total. The Balaban J connectivity index is 1.59. The molecule has 29 heavy (non-hydrogen) atoms. The molecule has 0 spiro atoms. The summed E-state index contributed by atoms with van der Waals surface area (Å²) in [6, 6.07) is 12.4. The Morgan fingerprint density at radius 1 is 1.10 bits per heavy atom. The van der Waals surface area contributed by atoms with E-state index in [1.165, 1.54) is 0 Å². The van der Waals surface area contributed by atoms with Gasteiger partial charge in [0.15, 0.2) is 0 Å². The Bertz CT molecular complexity index is 887. The Labute approximate surface area is 170 Å². The third kappa shape index (κ3) is 6.07. The minimum absolute atomic E-state index is 0.329. The predicted molar refractivity (Wildman–Crippen MR) is 111 cm³/mol. The van der Waals surface area contributed by atoms with E-state index in [1.54, 1.807) is 41.4 Å². The monoisotopic (exact) mass is 395 g/mol. The van der Waals surface area contributed by atoms with Gasteiger partial charge < -0.3 is 14.4 Å². The van der Waals surface area contributed by atoms with Crippen LogP contribution in [-0.2, 0) is 4.74 Å². The highest BCUT2D eigenvalue weighted by Gasteiger charge is 2.25. The van der Waals surface area contributed by atoms with E-state index < -0.39 is 11.7 Å². The van der Waals surface area contributed by atoms with Crippen molar-refractivity contribution >= 4 is 23.4 Å². The van der Waals surface area contributed by atoms with Crippen LogP contribution in [0, 0.1) is 0 Å². The summed E-state index contributed by atoms with van der Waals surface area (Å²) in [6.07, 6.45) is 3.46. The fourth-order valence-electron chi connectivity index (χ4n) is 2.81. The summed E-state index contributed by atoms with van der Waals surface area (Å²) in [4.78, 5) is 30.4. The number of nitrogens with one attached hydrogen (secondary N) is 1. The summed E-state index contributed by atoms with van der Waals surface area (Å²) in [6.45, 7) is 6.60. The van der Waals surface area contributed by atoms with Gasteiger partial charge in [0.25, 0.3) is 0 Å². The first-order valence-corrected chi connectivity index (χ1v) is 9.47. The van der Waals surface area contributed by atoms with Crippen LogP contribution in [0.4, 0.5) is 15.3 Å². The second-order valence-electron chi connectivity index (χ2n) is 7.68. The minimum atomic E-state index is -0.585. The van der Waals surface area contributed by atoms with Gasteiger partial charge >= 0.3 is 12.2 Å². The lowest BCUT2D eigenvalue weighted by Crippen LogP contribution is -2.39. The van der Waals surface area contributed by atoms with Gasteiger partial charge in [0.1, 0.15) is 11.4 Å². The number of ether oxygens (including phenoxy) is 2. The second kappa shape index (κ2) is 8.77. The molecule has 0 atom stereocenters. The first-order chi connectivity index (χ1) is 13.8. The molecular weight excluding hydrogens is 370 g/mol. The van der Waals surface area contributed by atoms with Crippen LogP contribution in [0.3, 0.4) is 0 Å². The van der Waals surface area contributed by atoms with Crippen LogP contribution in [-0.4, -0.2) is 40.8 Å². The summed E-state index contributed by atoms with van der Waals surface area (Å²) in [5.41, 5.74) is 1.69. The predicted octanol–water partition coefficient (Wildman–Crippen LogP) is 4.72. The SMILES string of the molecule is CC(C)(C)OC(=O)N1CCC=C(c2ccc(NC(=O)Oc3ccccc3)cn2)C1. The average molecular weight is 395 g/mol. The van der Waals surface area contributed by atoms with Crippen molar-refractivity contribution in [3.63, 3.8) is 0 Å². The van der Waals surface area contributed by atoms with E-state index in [2.05, 4.69) is 16.4 Å². The zero-order valence-corrected chi connectivity index (χ0v) is 16.8. The van der Waals surface area contributed by atoms with E-state index in [4.69, 9.17) is 9.47 Å². The first-order valence-electron chi connectivity index (χ1n) is 9.47. The number of para-hydroxylation sites is 1. The normalized spacial score (nSPS) is 14.0. The van der Waals surface area contributed by atoms with E-state index in [0.29, 0.717) is 24.5 Å². The summed E-state index contributed by atoms with van der Waals surface area (Å²) < 4.78 is 10.6. The van der Waals surface area contributed by atoms with Crippen LogP contribution >= 0.6 is 0 Å². The molecule has 2 heterocycles. The smallest absolute Gasteiger partial charge is 0.417 e. The average Bonchev–Trinajstić information content (AvgIpc) is 2.68. The molecule has 1 aliphatic heterocycles. The van der Waals surface area contributed by atoms with Crippen LogP contribution in [0.2, 0.25) is 0 Å². The molecule has 7 heteroatoms. The lowest BCUT2D eigenvalue weighted by Gasteiger charge is -2.30. The summed E-state index contributed by atoms with van der Waals surface area (Å²) >= 11 is 0. The fraction of sp³-hybridized carbons (Fsp3) is 0.318. The number of benzene rings is 1. The molecule has 0 aliphatic carbocycles. The Morgan fingerprint density at radius 3 is 2.52 bits per heavy atom. The van der Waals surface area contributed by atoms with Gasteiger partial charge in [-0.05, 0) is 57.0 Å². The van der Waals surface area contributed by atoms with Gasteiger partial charge in [0, 0.05) is 6.54 Å². The standard InChI is InChI=1S/C22H25N3O4/c1-22(2,3)29-21(27)25-13-7-8-16(15-25)19-12-11-17(14-23-19)24-20(26)28-18-9-5-4-6-10-18/h4-6,8-12,14H,7,13,15H2,1-3H3,(H,24,26). The summed E-state index contributed by atoms with van der Waals surface area (Å²) in [7, 11) is 0.